The number of rotatable bonds is 4. The number of nitrogens with zero attached hydrogens (tertiary/aromatic N) is 1. The third-order valence-corrected chi connectivity index (χ3v) is 20.2. The van der Waals surface area contributed by atoms with Crippen LogP contribution in [0.1, 0.15) is 178 Å². The number of fused-ring (bicyclic) bond motifs is 9. The van der Waals surface area contributed by atoms with Crippen LogP contribution in [0.15, 0.2) is 120 Å². The van der Waals surface area contributed by atoms with Crippen molar-refractivity contribution in [3.63, 3.8) is 0 Å². The number of nitrogens with one attached hydrogen (secondary N) is 1. The molecule has 0 fully saturated rings. The lowest BCUT2D eigenvalue weighted by Crippen LogP contribution is -2.56. The van der Waals surface area contributed by atoms with Crippen molar-refractivity contribution in [2.75, 3.05) is 10.2 Å². The van der Waals surface area contributed by atoms with Gasteiger partial charge in [-0.3, -0.25) is 0 Å². The molecule has 0 bridgehead atoms. The zero-order chi connectivity index (χ0) is 48.4. The monoisotopic (exact) mass is 939 g/mol. The first-order chi connectivity index (χ1) is 33.4. The van der Waals surface area contributed by atoms with Gasteiger partial charge >= 0.3 is 0 Å². The first kappa shape index (κ1) is 44.7. The lowest BCUT2D eigenvalue weighted by molar-refractivity contribution is 0.257. The third-order valence-electron chi connectivity index (χ3n) is 19.0. The molecule has 7 aliphatic rings. The second kappa shape index (κ2) is 15.4. The zero-order valence-electron chi connectivity index (χ0n) is 43.6. The molecular weight excluding hydrogens is 868 g/mol. The van der Waals surface area contributed by atoms with Crippen molar-refractivity contribution in [3.05, 3.63) is 159 Å². The van der Waals surface area contributed by atoms with Gasteiger partial charge < -0.3 is 15.0 Å². The predicted molar refractivity (Wildman–Crippen MR) is 301 cm³/mol. The minimum Gasteiger partial charge on any atom is -0.483 e. The molecule has 0 saturated carbocycles. The molecule has 3 heterocycles. The van der Waals surface area contributed by atoms with E-state index in [-0.39, 0.29) is 40.5 Å². The van der Waals surface area contributed by atoms with Crippen molar-refractivity contribution in [2.24, 2.45) is 0 Å². The Morgan fingerprint density at radius 1 is 0.700 bits per heavy atom. The molecular formula is C65H71BN2OS. The third kappa shape index (κ3) is 6.71. The fourth-order valence-electron chi connectivity index (χ4n) is 14.3. The minimum atomic E-state index is -0.129. The summed E-state index contributed by atoms with van der Waals surface area (Å²) < 4.78 is 10.1. The summed E-state index contributed by atoms with van der Waals surface area (Å²) in [4.78, 5) is 2.76. The molecule has 5 heteroatoms. The van der Waals surface area contributed by atoms with E-state index >= 15 is 0 Å². The average Bonchev–Trinajstić information content (AvgIpc) is 3.88. The molecule has 5 aromatic carbocycles. The summed E-state index contributed by atoms with van der Waals surface area (Å²) >= 11 is 2.07. The van der Waals surface area contributed by atoms with Crippen LogP contribution in [0.2, 0.25) is 0 Å². The van der Waals surface area contributed by atoms with Crippen molar-refractivity contribution >= 4 is 71.8 Å². The molecule has 356 valence electrons. The molecule has 1 aromatic heterocycles. The van der Waals surface area contributed by atoms with E-state index in [9.17, 15) is 0 Å². The molecule has 1 N–H and O–H groups in total. The van der Waals surface area contributed by atoms with Gasteiger partial charge in [-0.05, 0) is 190 Å². The Morgan fingerprint density at radius 3 is 2.06 bits per heavy atom. The predicted octanol–water partition coefficient (Wildman–Crippen LogP) is 16.2. The normalized spacial score (nSPS) is 25.2. The smallest absolute Gasteiger partial charge is 0.257 e. The zero-order valence-corrected chi connectivity index (χ0v) is 44.4. The van der Waals surface area contributed by atoms with Crippen LogP contribution in [-0.4, -0.2) is 18.9 Å². The summed E-state index contributed by atoms with van der Waals surface area (Å²) in [5.74, 6) is 2.02. The molecule has 6 aromatic rings. The van der Waals surface area contributed by atoms with Gasteiger partial charge in [-0.2, -0.15) is 0 Å². The Morgan fingerprint density at radius 2 is 1.34 bits per heavy atom. The largest absolute Gasteiger partial charge is 0.483 e. The van der Waals surface area contributed by atoms with Crippen LogP contribution < -0.4 is 25.2 Å². The van der Waals surface area contributed by atoms with E-state index in [0.29, 0.717) is 11.8 Å². The highest BCUT2D eigenvalue weighted by Crippen LogP contribution is 2.53. The summed E-state index contributed by atoms with van der Waals surface area (Å²) in [7, 11) is 0. The maximum absolute atomic E-state index is 7.23. The van der Waals surface area contributed by atoms with Gasteiger partial charge in [0.1, 0.15) is 11.9 Å². The van der Waals surface area contributed by atoms with Gasteiger partial charge in [-0.25, -0.2) is 0 Å². The molecule has 13 rings (SSSR count). The van der Waals surface area contributed by atoms with E-state index < -0.39 is 0 Å². The molecule has 3 nitrogen and oxygen atoms in total. The number of ether oxygens (including phenoxy) is 1. The second-order valence-electron chi connectivity index (χ2n) is 25.5. The van der Waals surface area contributed by atoms with Crippen LogP contribution >= 0.6 is 11.3 Å². The van der Waals surface area contributed by atoms with Crippen LogP contribution in [0.3, 0.4) is 0 Å². The highest BCUT2D eigenvalue weighted by atomic mass is 32.1. The van der Waals surface area contributed by atoms with Crippen molar-refractivity contribution < 1.29 is 4.74 Å². The van der Waals surface area contributed by atoms with E-state index in [1.165, 1.54) is 137 Å². The van der Waals surface area contributed by atoms with Gasteiger partial charge in [-0.15, -0.1) is 11.3 Å². The van der Waals surface area contributed by atoms with Crippen molar-refractivity contribution in [1.29, 1.82) is 0 Å². The number of hydrogen-bond donors (Lipinski definition) is 1. The minimum absolute atomic E-state index is 0.0176. The second-order valence-corrected chi connectivity index (χ2v) is 26.6. The van der Waals surface area contributed by atoms with Gasteiger partial charge in [0, 0.05) is 43.1 Å². The SMILES string of the molecule is CC1=CC2=C(CC1)B(c1sc3cc4c(cc3c1Nc1ccc3c(c1)C(C)(C)CCC3(C)C)C(C)(C)CCC4(C)C)c1cc3c(cc1N2C1C=CC=C2c4cc5ccccc5cc4OC21)C(C)CCC3C. The summed E-state index contributed by atoms with van der Waals surface area (Å²) in [6.07, 6.45) is 18.9. The fourth-order valence-corrected chi connectivity index (χ4v) is 15.6. The standard InChI is InChI=1S/C65H71BN2OS/c1-37-19-24-52-55(29-37)68(54-18-14-17-43-46-30-40-15-12-13-16-41(40)31-57(46)69-60(43)54)56-35-45-39(3)21-20-38(2)44(45)34-53(56)66(52)61-59(67-42-22-23-48-49(32-42)63(6,7)26-25-62(48,4)5)47-33-50-51(36-58(47)70-61)65(10,11)28-27-64(50,8)9/h12-18,22-23,29-36,38-39,54,60,67H,19-21,24-28H2,1-11H3. The van der Waals surface area contributed by atoms with Crippen LogP contribution in [-0.2, 0) is 21.7 Å². The van der Waals surface area contributed by atoms with Gasteiger partial charge in [0.05, 0.1) is 11.7 Å². The Balaban J connectivity index is 1.05. The van der Waals surface area contributed by atoms with Gasteiger partial charge in [0.25, 0.3) is 6.71 Å². The van der Waals surface area contributed by atoms with Crippen molar-refractivity contribution in [3.8, 4) is 5.75 Å². The molecule has 70 heavy (non-hydrogen) atoms. The topological polar surface area (TPSA) is 24.5 Å². The molecule has 0 amide bonds. The highest BCUT2D eigenvalue weighted by Gasteiger charge is 2.48. The van der Waals surface area contributed by atoms with Crippen LogP contribution in [0.4, 0.5) is 17.1 Å². The van der Waals surface area contributed by atoms with Crippen LogP contribution in [0, 0.1) is 0 Å². The van der Waals surface area contributed by atoms with Crippen molar-refractivity contribution in [1.82, 2.24) is 0 Å². The number of allylic oxidation sites excluding steroid dienone is 5. The van der Waals surface area contributed by atoms with Crippen LogP contribution in [0.5, 0.6) is 5.75 Å². The molecule has 0 spiro atoms. The molecule has 2 aliphatic heterocycles. The first-order valence-corrected chi connectivity index (χ1v) is 27.7. The molecule has 5 aliphatic carbocycles. The summed E-state index contributed by atoms with van der Waals surface area (Å²) in [5.41, 5.74) is 21.9. The number of hydrogen-bond acceptors (Lipinski definition) is 4. The van der Waals surface area contributed by atoms with E-state index in [2.05, 4.69) is 201 Å². The lowest BCUT2D eigenvalue weighted by Gasteiger charge is -2.46. The van der Waals surface area contributed by atoms with Gasteiger partial charge in [0.15, 0.2) is 0 Å². The molecule has 0 radical (unpaired) electrons. The van der Waals surface area contributed by atoms with E-state index in [0.717, 1.165) is 18.6 Å². The lowest BCUT2D eigenvalue weighted by atomic mass is 9.35. The Labute approximate surface area is 422 Å². The number of thiophene rings is 1. The van der Waals surface area contributed by atoms with Crippen LogP contribution in [0.25, 0.3) is 26.4 Å². The Kier molecular flexibility index (Phi) is 9.81. The quantitative estimate of drug-likeness (QED) is 0.178. The highest BCUT2D eigenvalue weighted by molar-refractivity contribution is 7.32. The van der Waals surface area contributed by atoms with E-state index in [1.807, 2.05) is 0 Å². The molecule has 4 atom stereocenters. The fraction of sp³-hybridized carbons (Fsp3) is 0.415. The summed E-state index contributed by atoms with van der Waals surface area (Å²) in [6, 6.07) is 31.4. The van der Waals surface area contributed by atoms with Crippen molar-refractivity contribution in [2.45, 2.75) is 173 Å². The summed E-state index contributed by atoms with van der Waals surface area (Å²) in [6.45, 7) is 27.2. The Bertz CT molecular complexity index is 3370. The summed E-state index contributed by atoms with van der Waals surface area (Å²) in [5, 5.41) is 8.19. The average molecular weight is 939 g/mol. The maximum atomic E-state index is 7.23. The number of benzene rings is 5. The Hall–Kier alpha value is -5.26. The van der Waals surface area contributed by atoms with Gasteiger partial charge in [0.2, 0.25) is 0 Å². The molecule has 0 saturated heterocycles. The van der Waals surface area contributed by atoms with E-state index in [4.69, 9.17) is 4.74 Å². The van der Waals surface area contributed by atoms with Gasteiger partial charge in [-0.1, -0.05) is 135 Å². The van der Waals surface area contributed by atoms with E-state index in [1.54, 1.807) is 11.0 Å². The first-order valence-electron chi connectivity index (χ1n) is 26.9. The number of anilines is 3. The maximum Gasteiger partial charge on any atom is 0.257 e. The molecule has 4 unspecified atom stereocenters.